The summed E-state index contributed by atoms with van der Waals surface area (Å²) >= 11 is 7.37. The molecule has 1 amide bonds. The van der Waals surface area contributed by atoms with Gasteiger partial charge in [-0.3, -0.25) is 4.79 Å². The molecule has 122 valence electrons. The van der Waals surface area contributed by atoms with Gasteiger partial charge in [-0.15, -0.1) is 11.3 Å². The van der Waals surface area contributed by atoms with Crippen LogP contribution in [0.3, 0.4) is 0 Å². The van der Waals surface area contributed by atoms with E-state index < -0.39 is 0 Å². The number of benzene rings is 2. The largest absolute Gasteiger partial charge is 0.352 e. The zero-order valence-electron chi connectivity index (χ0n) is 12.6. The van der Waals surface area contributed by atoms with Crippen molar-refractivity contribution in [1.82, 2.24) is 10.3 Å². The monoisotopic (exact) mass is 360 g/mol. The fourth-order valence-corrected chi connectivity index (χ4v) is 3.09. The van der Waals surface area contributed by atoms with Crippen molar-refractivity contribution in [3.05, 3.63) is 76.0 Å². The van der Waals surface area contributed by atoms with E-state index in [9.17, 15) is 9.18 Å². The Labute approximate surface area is 148 Å². The van der Waals surface area contributed by atoms with Crippen LogP contribution in [-0.2, 0) is 17.8 Å². The first-order chi connectivity index (χ1) is 11.6. The Morgan fingerprint density at radius 2 is 1.83 bits per heavy atom. The molecular weight excluding hydrogens is 347 g/mol. The van der Waals surface area contributed by atoms with E-state index in [0.29, 0.717) is 11.6 Å². The molecule has 0 atom stereocenters. The van der Waals surface area contributed by atoms with E-state index in [1.807, 2.05) is 29.6 Å². The Hall–Kier alpha value is -2.24. The second-order valence-electron chi connectivity index (χ2n) is 5.23. The SMILES string of the molecule is O=C(Cc1csc(-c2ccc(Cl)cc2)n1)NCc1ccc(F)cc1. The maximum absolute atomic E-state index is 12.8. The van der Waals surface area contributed by atoms with Crippen LogP contribution in [0.4, 0.5) is 4.39 Å². The van der Waals surface area contributed by atoms with Crippen LogP contribution in [0.5, 0.6) is 0 Å². The molecule has 3 nitrogen and oxygen atoms in total. The van der Waals surface area contributed by atoms with Gasteiger partial charge in [-0.1, -0.05) is 35.9 Å². The Kier molecular flexibility index (Phi) is 5.23. The highest BCUT2D eigenvalue weighted by Crippen LogP contribution is 2.25. The number of hydrogen-bond donors (Lipinski definition) is 1. The summed E-state index contributed by atoms with van der Waals surface area (Å²) in [6, 6.07) is 13.5. The molecular formula is C18H14ClFN2OS. The van der Waals surface area contributed by atoms with Gasteiger partial charge in [-0.25, -0.2) is 9.37 Å². The number of halogens is 2. The predicted molar refractivity (Wildman–Crippen MR) is 94.5 cm³/mol. The molecule has 0 unspecified atom stereocenters. The highest BCUT2D eigenvalue weighted by Gasteiger charge is 2.09. The number of carbonyl (C=O) groups excluding carboxylic acids is 1. The van der Waals surface area contributed by atoms with Crippen molar-refractivity contribution in [2.75, 3.05) is 0 Å². The van der Waals surface area contributed by atoms with Crippen LogP contribution in [-0.4, -0.2) is 10.9 Å². The molecule has 0 aliphatic heterocycles. The average Bonchev–Trinajstić information content (AvgIpc) is 3.03. The number of thiazole rings is 1. The third-order valence-electron chi connectivity index (χ3n) is 3.39. The molecule has 0 fully saturated rings. The third-order valence-corrected chi connectivity index (χ3v) is 4.58. The smallest absolute Gasteiger partial charge is 0.226 e. The summed E-state index contributed by atoms with van der Waals surface area (Å²) in [4.78, 5) is 16.5. The standard InChI is InChI=1S/C18H14ClFN2OS/c19-14-5-3-13(4-6-14)18-22-16(11-24-18)9-17(23)21-10-12-1-7-15(20)8-2-12/h1-8,11H,9-10H2,(H,21,23). The lowest BCUT2D eigenvalue weighted by atomic mass is 10.2. The van der Waals surface area contributed by atoms with Crippen LogP contribution in [0.25, 0.3) is 10.6 Å². The zero-order valence-corrected chi connectivity index (χ0v) is 14.2. The average molecular weight is 361 g/mol. The summed E-state index contributed by atoms with van der Waals surface area (Å²) in [6.45, 7) is 0.368. The van der Waals surface area contributed by atoms with Gasteiger partial charge >= 0.3 is 0 Å². The van der Waals surface area contributed by atoms with Gasteiger partial charge in [0.25, 0.3) is 0 Å². The minimum atomic E-state index is -0.290. The molecule has 1 heterocycles. The fraction of sp³-hybridized carbons (Fsp3) is 0.111. The number of rotatable bonds is 5. The highest BCUT2D eigenvalue weighted by molar-refractivity contribution is 7.13. The third kappa shape index (κ3) is 4.40. The maximum atomic E-state index is 12.8. The van der Waals surface area contributed by atoms with E-state index in [0.717, 1.165) is 21.8 Å². The Morgan fingerprint density at radius 1 is 1.12 bits per heavy atom. The summed E-state index contributed by atoms with van der Waals surface area (Å²) in [7, 11) is 0. The molecule has 1 N–H and O–H groups in total. The molecule has 3 aromatic rings. The van der Waals surface area contributed by atoms with E-state index in [1.54, 1.807) is 12.1 Å². The summed E-state index contributed by atoms with van der Waals surface area (Å²) in [5, 5.41) is 6.22. The summed E-state index contributed by atoms with van der Waals surface area (Å²) < 4.78 is 12.8. The second-order valence-corrected chi connectivity index (χ2v) is 6.53. The predicted octanol–water partition coefficient (Wildman–Crippen LogP) is 4.46. The van der Waals surface area contributed by atoms with E-state index >= 15 is 0 Å². The van der Waals surface area contributed by atoms with Crippen molar-refractivity contribution >= 4 is 28.8 Å². The molecule has 0 aliphatic carbocycles. The molecule has 2 aromatic carbocycles. The van der Waals surface area contributed by atoms with Gasteiger partial charge in [0, 0.05) is 22.5 Å². The number of aromatic nitrogens is 1. The minimum Gasteiger partial charge on any atom is -0.352 e. The lowest BCUT2D eigenvalue weighted by molar-refractivity contribution is -0.120. The van der Waals surface area contributed by atoms with Crippen LogP contribution in [0.1, 0.15) is 11.3 Å². The zero-order chi connectivity index (χ0) is 16.9. The minimum absolute atomic E-state index is 0.118. The van der Waals surface area contributed by atoms with Gasteiger partial charge in [-0.2, -0.15) is 0 Å². The summed E-state index contributed by atoms with van der Waals surface area (Å²) in [5.74, 6) is -0.408. The normalized spacial score (nSPS) is 10.6. The molecule has 6 heteroatoms. The molecule has 0 aliphatic rings. The first-order valence-electron chi connectivity index (χ1n) is 7.31. The first-order valence-corrected chi connectivity index (χ1v) is 8.57. The van der Waals surface area contributed by atoms with Crippen molar-refractivity contribution in [2.24, 2.45) is 0 Å². The van der Waals surface area contributed by atoms with Gasteiger partial charge in [0.1, 0.15) is 10.8 Å². The van der Waals surface area contributed by atoms with Crippen LogP contribution in [0.2, 0.25) is 5.02 Å². The quantitative estimate of drug-likeness (QED) is 0.729. The number of nitrogens with one attached hydrogen (secondary N) is 1. The Balaban J connectivity index is 1.57. The summed E-state index contributed by atoms with van der Waals surface area (Å²) in [5.41, 5.74) is 2.55. The topological polar surface area (TPSA) is 42.0 Å². The van der Waals surface area contributed by atoms with Crippen LogP contribution in [0.15, 0.2) is 53.9 Å². The maximum Gasteiger partial charge on any atom is 0.226 e. The fourth-order valence-electron chi connectivity index (χ4n) is 2.14. The Morgan fingerprint density at radius 3 is 2.54 bits per heavy atom. The van der Waals surface area contributed by atoms with Gasteiger partial charge < -0.3 is 5.32 Å². The van der Waals surface area contributed by atoms with Crippen molar-refractivity contribution in [3.63, 3.8) is 0 Å². The molecule has 0 saturated heterocycles. The van der Waals surface area contributed by atoms with Crippen molar-refractivity contribution in [1.29, 1.82) is 0 Å². The molecule has 0 saturated carbocycles. The lowest BCUT2D eigenvalue weighted by Crippen LogP contribution is -2.24. The molecule has 0 bridgehead atoms. The van der Waals surface area contributed by atoms with Crippen LogP contribution < -0.4 is 5.32 Å². The number of carbonyl (C=O) groups is 1. The molecule has 0 radical (unpaired) electrons. The molecule has 1 aromatic heterocycles. The summed E-state index contributed by atoms with van der Waals surface area (Å²) in [6.07, 6.45) is 0.214. The van der Waals surface area contributed by atoms with Crippen LogP contribution in [0, 0.1) is 5.82 Å². The number of nitrogens with zero attached hydrogens (tertiary/aromatic N) is 1. The number of amides is 1. The van der Waals surface area contributed by atoms with Crippen molar-refractivity contribution in [3.8, 4) is 10.6 Å². The Bertz CT molecular complexity index is 831. The van der Waals surface area contributed by atoms with E-state index in [-0.39, 0.29) is 18.1 Å². The molecule has 0 spiro atoms. The van der Waals surface area contributed by atoms with Gasteiger partial charge in [-0.05, 0) is 29.8 Å². The van der Waals surface area contributed by atoms with E-state index in [2.05, 4.69) is 10.3 Å². The van der Waals surface area contributed by atoms with E-state index in [4.69, 9.17) is 11.6 Å². The van der Waals surface area contributed by atoms with Crippen LogP contribution >= 0.6 is 22.9 Å². The lowest BCUT2D eigenvalue weighted by Gasteiger charge is -2.04. The van der Waals surface area contributed by atoms with Gasteiger partial charge in [0.05, 0.1) is 12.1 Å². The van der Waals surface area contributed by atoms with Crippen molar-refractivity contribution in [2.45, 2.75) is 13.0 Å². The van der Waals surface area contributed by atoms with Crippen molar-refractivity contribution < 1.29 is 9.18 Å². The molecule has 24 heavy (non-hydrogen) atoms. The van der Waals surface area contributed by atoms with Gasteiger partial charge in [0.2, 0.25) is 5.91 Å². The molecule has 3 rings (SSSR count). The second kappa shape index (κ2) is 7.55. The number of hydrogen-bond acceptors (Lipinski definition) is 3. The van der Waals surface area contributed by atoms with Gasteiger partial charge in [0.15, 0.2) is 0 Å². The first kappa shape index (κ1) is 16.6. The highest BCUT2D eigenvalue weighted by atomic mass is 35.5. The van der Waals surface area contributed by atoms with E-state index in [1.165, 1.54) is 23.5 Å².